The minimum atomic E-state index is -0.205. The molecular formula is C7H8Cl2. The Kier molecular flexibility index (Phi) is 3.77. The van der Waals surface area contributed by atoms with Gasteiger partial charge in [-0.15, -0.1) is 0 Å². The molecule has 0 aliphatic heterocycles. The van der Waals surface area contributed by atoms with Crippen molar-refractivity contribution in [2.45, 2.75) is 13.8 Å². The first-order valence-corrected chi connectivity index (χ1v) is 3.34. The topological polar surface area (TPSA) is 0 Å². The maximum atomic E-state index is 5.33. The number of hydrogen-bond acceptors (Lipinski definition) is 0. The Hall–Kier alpha value is -0.120. The van der Waals surface area contributed by atoms with E-state index >= 15 is 0 Å². The Morgan fingerprint density at radius 1 is 1.44 bits per heavy atom. The van der Waals surface area contributed by atoms with Gasteiger partial charge in [0, 0.05) is 16.3 Å². The van der Waals surface area contributed by atoms with Crippen LogP contribution in [-0.2, 0) is 0 Å². The van der Waals surface area contributed by atoms with Gasteiger partial charge >= 0.3 is 0 Å². The SMILES string of the molecule is CC(C)(C#CCl)C=CCl. The van der Waals surface area contributed by atoms with Crippen molar-refractivity contribution in [3.05, 3.63) is 11.6 Å². The molecule has 50 valence electrons. The zero-order chi connectivity index (χ0) is 7.33. The maximum absolute atomic E-state index is 5.33. The summed E-state index contributed by atoms with van der Waals surface area (Å²) in [7, 11) is 0. The lowest BCUT2D eigenvalue weighted by molar-refractivity contribution is 0.657. The van der Waals surface area contributed by atoms with Gasteiger partial charge in [0.25, 0.3) is 0 Å². The molecule has 0 saturated heterocycles. The lowest BCUT2D eigenvalue weighted by Gasteiger charge is -2.08. The van der Waals surface area contributed by atoms with E-state index in [1.54, 1.807) is 6.08 Å². The van der Waals surface area contributed by atoms with Gasteiger partial charge < -0.3 is 0 Å². The van der Waals surface area contributed by atoms with Gasteiger partial charge in [0.2, 0.25) is 0 Å². The van der Waals surface area contributed by atoms with Gasteiger partial charge in [0.05, 0.1) is 0 Å². The summed E-state index contributed by atoms with van der Waals surface area (Å²) in [5, 5.41) is 2.31. The Labute approximate surface area is 65.8 Å². The third kappa shape index (κ3) is 4.39. The van der Waals surface area contributed by atoms with Crippen LogP contribution in [-0.4, -0.2) is 0 Å². The zero-order valence-electron chi connectivity index (χ0n) is 5.41. The van der Waals surface area contributed by atoms with Crippen molar-refractivity contribution in [3.8, 4) is 11.3 Å². The van der Waals surface area contributed by atoms with E-state index in [1.807, 2.05) is 13.8 Å². The van der Waals surface area contributed by atoms with E-state index in [0.717, 1.165) is 0 Å². The largest absolute Gasteiger partial charge is 0.0932 e. The predicted molar refractivity (Wildman–Crippen MR) is 42.4 cm³/mol. The molecule has 0 atom stereocenters. The van der Waals surface area contributed by atoms with Crippen molar-refractivity contribution in [2.24, 2.45) is 5.41 Å². The van der Waals surface area contributed by atoms with Crippen molar-refractivity contribution in [3.63, 3.8) is 0 Å². The van der Waals surface area contributed by atoms with Crippen molar-refractivity contribution in [1.82, 2.24) is 0 Å². The fourth-order valence-corrected chi connectivity index (χ4v) is 0.879. The molecule has 0 aliphatic carbocycles. The first-order chi connectivity index (χ1) is 4.12. The van der Waals surface area contributed by atoms with E-state index in [1.165, 1.54) is 5.54 Å². The maximum Gasteiger partial charge on any atom is 0.0461 e. The molecule has 0 spiro atoms. The molecule has 0 fully saturated rings. The molecule has 0 saturated carbocycles. The smallest absolute Gasteiger partial charge is 0.0461 e. The third-order valence-electron chi connectivity index (χ3n) is 0.849. The lowest BCUT2D eigenvalue weighted by atomic mass is 9.96. The van der Waals surface area contributed by atoms with Crippen LogP contribution in [0.4, 0.5) is 0 Å². The molecule has 0 unspecified atom stereocenters. The Balaban J connectivity index is 4.13. The highest BCUT2D eigenvalue weighted by atomic mass is 35.5. The van der Waals surface area contributed by atoms with E-state index in [4.69, 9.17) is 23.2 Å². The van der Waals surface area contributed by atoms with E-state index in [0.29, 0.717) is 0 Å². The van der Waals surface area contributed by atoms with Crippen LogP contribution >= 0.6 is 23.2 Å². The molecule has 2 heteroatoms. The normalized spacial score (nSPS) is 11.1. The van der Waals surface area contributed by atoms with Crippen molar-refractivity contribution >= 4 is 23.2 Å². The standard InChI is InChI=1S/C7H8Cl2/c1-7(2,3-5-8)4-6-9/h3,5H,1-2H3. The summed E-state index contributed by atoms with van der Waals surface area (Å²) in [5.74, 6) is 2.77. The molecular weight excluding hydrogens is 155 g/mol. The third-order valence-corrected chi connectivity index (χ3v) is 1.07. The molecule has 0 N–H and O–H groups in total. The summed E-state index contributed by atoms with van der Waals surface area (Å²) >= 11 is 10.5. The molecule has 0 bridgehead atoms. The number of hydrogen-bond donors (Lipinski definition) is 0. The molecule has 0 aromatic carbocycles. The van der Waals surface area contributed by atoms with E-state index in [-0.39, 0.29) is 5.41 Å². The van der Waals surface area contributed by atoms with Crippen molar-refractivity contribution in [1.29, 1.82) is 0 Å². The lowest BCUT2D eigenvalue weighted by Crippen LogP contribution is -2.01. The quantitative estimate of drug-likeness (QED) is 0.521. The molecule has 9 heavy (non-hydrogen) atoms. The first-order valence-electron chi connectivity index (χ1n) is 2.53. The monoisotopic (exact) mass is 162 g/mol. The van der Waals surface area contributed by atoms with Crippen LogP contribution in [0.1, 0.15) is 13.8 Å². The highest BCUT2D eigenvalue weighted by Crippen LogP contribution is 2.15. The highest BCUT2D eigenvalue weighted by Gasteiger charge is 2.07. The minimum Gasteiger partial charge on any atom is -0.0932 e. The van der Waals surface area contributed by atoms with Crippen LogP contribution in [0.25, 0.3) is 0 Å². The van der Waals surface area contributed by atoms with Gasteiger partial charge in [-0.2, -0.15) is 0 Å². The highest BCUT2D eigenvalue weighted by molar-refractivity contribution is 6.30. The average molecular weight is 163 g/mol. The van der Waals surface area contributed by atoms with Gasteiger partial charge in [0.15, 0.2) is 0 Å². The Bertz CT molecular complexity index is 157. The number of halogens is 2. The van der Waals surface area contributed by atoms with Crippen molar-refractivity contribution in [2.75, 3.05) is 0 Å². The average Bonchev–Trinajstić information content (AvgIpc) is 1.64. The van der Waals surface area contributed by atoms with Crippen LogP contribution in [0, 0.1) is 16.7 Å². The summed E-state index contributed by atoms with van der Waals surface area (Å²) in [6, 6.07) is 0. The molecule has 0 amide bonds. The van der Waals surface area contributed by atoms with E-state index in [2.05, 4.69) is 11.3 Å². The van der Waals surface area contributed by atoms with Crippen molar-refractivity contribution < 1.29 is 0 Å². The summed E-state index contributed by atoms with van der Waals surface area (Å²) < 4.78 is 0. The van der Waals surface area contributed by atoms with E-state index in [9.17, 15) is 0 Å². The van der Waals surface area contributed by atoms with Gasteiger partial charge in [-0.1, -0.05) is 23.6 Å². The van der Waals surface area contributed by atoms with E-state index < -0.39 is 0 Å². The first kappa shape index (κ1) is 8.88. The van der Waals surface area contributed by atoms with Gasteiger partial charge in [-0.3, -0.25) is 0 Å². The second-order valence-corrected chi connectivity index (χ2v) is 2.67. The van der Waals surface area contributed by atoms with Gasteiger partial charge in [0.1, 0.15) is 0 Å². The molecule has 0 nitrogen and oxygen atoms in total. The summed E-state index contributed by atoms with van der Waals surface area (Å²) in [5.41, 5.74) is 1.24. The van der Waals surface area contributed by atoms with Gasteiger partial charge in [-0.05, 0) is 25.4 Å². The van der Waals surface area contributed by atoms with Crippen LogP contribution in [0.3, 0.4) is 0 Å². The molecule has 0 radical (unpaired) electrons. The summed E-state index contributed by atoms with van der Waals surface area (Å²) in [4.78, 5) is 0. The second-order valence-electron chi connectivity index (χ2n) is 2.23. The van der Waals surface area contributed by atoms with Gasteiger partial charge in [-0.25, -0.2) is 0 Å². The minimum absolute atomic E-state index is 0.205. The Morgan fingerprint density at radius 2 is 2.00 bits per heavy atom. The molecule has 0 heterocycles. The predicted octanol–water partition coefficient (Wildman–Crippen LogP) is 2.96. The van der Waals surface area contributed by atoms with Crippen LogP contribution in [0.5, 0.6) is 0 Å². The zero-order valence-corrected chi connectivity index (χ0v) is 6.92. The van der Waals surface area contributed by atoms with Crippen LogP contribution in [0.2, 0.25) is 0 Å². The molecule has 0 rings (SSSR count). The second kappa shape index (κ2) is 3.82. The fourth-order valence-electron chi connectivity index (χ4n) is 0.321. The summed E-state index contributed by atoms with van der Waals surface area (Å²) in [6.45, 7) is 3.86. The Morgan fingerprint density at radius 3 is 2.33 bits per heavy atom. The molecule has 0 aromatic rings. The fraction of sp³-hybridized carbons (Fsp3) is 0.429. The number of rotatable bonds is 1. The van der Waals surface area contributed by atoms with Crippen LogP contribution in [0.15, 0.2) is 11.6 Å². The molecule has 0 aromatic heterocycles. The number of allylic oxidation sites excluding steroid dienone is 1. The summed E-state index contributed by atoms with van der Waals surface area (Å²) in [6.07, 6.45) is 1.78. The van der Waals surface area contributed by atoms with Crippen LogP contribution < -0.4 is 0 Å². The molecule has 0 aliphatic rings.